The summed E-state index contributed by atoms with van der Waals surface area (Å²) in [6.45, 7) is 1.89. The lowest BCUT2D eigenvalue weighted by Crippen LogP contribution is -2.51. The van der Waals surface area contributed by atoms with Gasteiger partial charge in [0.05, 0.1) is 24.0 Å². The van der Waals surface area contributed by atoms with Crippen molar-refractivity contribution in [1.82, 2.24) is 34.4 Å². The van der Waals surface area contributed by atoms with E-state index in [9.17, 15) is 9.59 Å². The van der Waals surface area contributed by atoms with Crippen molar-refractivity contribution in [2.45, 2.75) is 38.0 Å². The molecule has 1 unspecified atom stereocenters. The minimum absolute atomic E-state index is 0.0120. The molecule has 5 heterocycles. The highest BCUT2D eigenvalue weighted by Crippen LogP contribution is 2.34. The number of fused-ring (bicyclic) bond motifs is 2. The van der Waals surface area contributed by atoms with Gasteiger partial charge in [0.2, 0.25) is 5.91 Å². The van der Waals surface area contributed by atoms with Crippen molar-refractivity contribution in [1.29, 1.82) is 0 Å². The molecule has 36 heavy (non-hydrogen) atoms. The van der Waals surface area contributed by atoms with Crippen LogP contribution in [0.15, 0.2) is 36.8 Å². The molecule has 2 aromatic rings. The summed E-state index contributed by atoms with van der Waals surface area (Å²) in [6, 6.07) is 5.76. The first-order chi connectivity index (χ1) is 17.6. The van der Waals surface area contributed by atoms with E-state index in [0.717, 1.165) is 49.3 Å². The van der Waals surface area contributed by atoms with Gasteiger partial charge >= 0.3 is 0 Å². The number of aromatic nitrogens is 5. The molecule has 186 valence electrons. The topological polar surface area (TPSA) is 119 Å². The third kappa shape index (κ3) is 3.67. The summed E-state index contributed by atoms with van der Waals surface area (Å²) in [7, 11) is 3.46. The second-order valence-electron chi connectivity index (χ2n) is 9.28. The quantitative estimate of drug-likeness (QED) is 0.408. The van der Waals surface area contributed by atoms with E-state index in [1.807, 2.05) is 33.9 Å². The lowest BCUT2D eigenvalue weighted by Gasteiger charge is -2.35. The first-order valence-electron chi connectivity index (χ1n) is 12.2. The van der Waals surface area contributed by atoms with Gasteiger partial charge in [-0.05, 0) is 31.4 Å². The minimum Gasteiger partial charge on any atom is -0.379 e. The maximum absolute atomic E-state index is 13.1. The number of pyridine rings is 1. The van der Waals surface area contributed by atoms with Crippen molar-refractivity contribution in [3.63, 3.8) is 0 Å². The SMILES string of the molecule is CNc1cc(-c2cnc3n(CC(=O)N4CCC4)cccc2-3)nc2c(C(=O)NC3CC[C@@H]3OC)cnn12. The van der Waals surface area contributed by atoms with E-state index in [-0.39, 0.29) is 30.5 Å². The highest BCUT2D eigenvalue weighted by Gasteiger charge is 2.33. The zero-order valence-electron chi connectivity index (χ0n) is 20.3. The van der Waals surface area contributed by atoms with Gasteiger partial charge in [0, 0.05) is 56.8 Å². The number of amides is 2. The molecule has 4 aliphatic rings. The van der Waals surface area contributed by atoms with Gasteiger partial charge in [0.1, 0.15) is 23.8 Å². The van der Waals surface area contributed by atoms with Gasteiger partial charge in [-0.3, -0.25) is 9.59 Å². The number of likely N-dealkylation sites (tertiary alicyclic amines) is 1. The van der Waals surface area contributed by atoms with Crippen LogP contribution in [0, 0.1) is 0 Å². The van der Waals surface area contributed by atoms with Crippen LogP contribution in [0.3, 0.4) is 0 Å². The highest BCUT2D eigenvalue weighted by atomic mass is 16.5. The predicted molar refractivity (Wildman–Crippen MR) is 133 cm³/mol. The van der Waals surface area contributed by atoms with Gasteiger partial charge in [-0.1, -0.05) is 0 Å². The lowest BCUT2D eigenvalue weighted by atomic mass is 9.89. The van der Waals surface area contributed by atoms with E-state index in [0.29, 0.717) is 22.7 Å². The molecule has 3 aliphatic heterocycles. The Morgan fingerprint density at radius 3 is 2.75 bits per heavy atom. The predicted octanol–water partition coefficient (Wildman–Crippen LogP) is 1.88. The summed E-state index contributed by atoms with van der Waals surface area (Å²) in [5.74, 6) is 1.28. The number of carbonyl (C=O) groups excluding carboxylic acids is 2. The van der Waals surface area contributed by atoms with Crippen LogP contribution in [0.4, 0.5) is 5.82 Å². The molecule has 1 aliphatic carbocycles. The van der Waals surface area contributed by atoms with Crippen LogP contribution in [0.25, 0.3) is 28.3 Å². The Labute approximate surface area is 207 Å². The zero-order chi connectivity index (χ0) is 24.8. The van der Waals surface area contributed by atoms with Gasteiger partial charge in [-0.15, -0.1) is 0 Å². The Morgan fingerprint density at radius 1 is 1.19 bits per heavy atom. The molecule has 2 N–H and O–H groups in total. The van der Waals surface area contributed by atoms with Gasteiger partial charge in [0.25, 0.3) is 5.91 Å². The van der Waals surface area contributed by atoms with Crippen molar-refractivity contribution in [2.75, 3.05) is 32.6 Å². The number of nitrogens with zero attached hydrogens (tertiary/aromatic N) is 6. The van der Waals surface area contributed by atoms with E-state index >= 15 is 0 Å². The molecule has 11 heteroatoms. The number of ether oxygens (including phenoxy) is 1. The number of methoxy groups -OCH3 is 1. The van der Waals surface area contributed by atoms with Crippen molar-refractivity contribution >= 4 is 23.3 Å². The number of rotatable bonds is 7. The van der Waals surface area contributed by atoms with Crippen LogP contribution in [-0.4, -0.2) is 80.3 Å². The fraction of sp³-hybridized carbons (Fsp3) is 0.400. The first-order valence-corrected chi connectivity index (χ1v) is 12.2. The molecule has 2 aromatic heterocycles. The Hall–Kier alpha value is -3.99. The fourth-order valence-electron chi connectivity index (χ4n) is 4.84. The molecular weight excluding hydrogens is 460 g/mol. The standard InChI is InChI=1S/C25H28N8O3/c1-26-21-11-19(29-24-17(13-28-33(21)24)25(35)30-18-6-7-20(18)36-2)16-12-27-23-15(16)5-3-8-32(23)14-22(34)31-9-4-10-31/h3,5,8,11-13,18,20,26H,4,6-7,9-10,14H2,1-2H3,(H,30,35)/t18?,20-/m0/s1. The number of hydrogen-bond donors (Lipinski definition) is 2. The summed E-state index contributed by atoms with van der Waals surface area (Å²) >= 11 is 0. The molecule has 2 fully saturated rings. The Balaban J connectivity index is 1.34. The summed E-state index contributed by atoms with van der Waals surface area (Å²) in [4.78, 5) is 37.0. The average molecular weight is 489 g/mol. The Kier molecular flexibility index (Phi) is 5.56. The van der Waals surface area contributed by atoms with E-state index < -0.39 is 0 Å². The largest absolute Gasteiger partial charge is 0.379 e. The fourth-order valence-corrected chi connectivity index (χ4v) is 4.84. The van der Waals surface area contributed by atoms with E-state index in [2.05, 4.69) is 20.7 Å². The lowest BCUT2D eigenvalue weighted by molar-refractivity contribution is -0.135. The van der Waals surface area contributed by atoms with Crippen LogP contribution < -0.4 is 10.6 Å². The molecule has 2 amide bonds. The molecule has 0 bridgehead atoms. The van der Waals surface area contributed by atoms with Crippen LogP contribution in [-0.2, 0) is 16.1 Å². The first kappa shape index (κ1) is 22.5. The van der Waals surface area contributed by atoms with E-state index in [1.165, 1.54) is 0 Å². The summed E-state index contributed by atoms with van der Waals surface area (Å²) in [5.41, 5.74) is 3.22. The van der Waals surface area contributed by atoms with E-state index in [1.54, 1.807) is 31.1 Å². The van der Waals surface area contributed by atoms with Crippen molar-refractivity contribution in [3.05, 3.63) is 42.4 Å². The Bertz CT molecular complexity index is 1420. The van der Waals surface area contributed by atoms with Gasteiger partial charge in [0.15, 0.2) is 5.65 Å². The Morgan fingerprint density at radius 2 is 2.06 bits per heavy atom. The van der Waals surface area contributed by atoms with Gasteiger partial charge in [-0.2, -0.15) is 9.61 Å². The van der Waals surface area contributed by atoms with Crippen LogP contribution in [0.5, 0.6) is 0 Å². The number of carbonyl (C=O) groups is 2. The monoisotopic (exact) mass is 488 g/mol. The van der Waals surface area contributed by atoms with Gasteiger partial charge < -0.3 is 24.8 Å². The second kappa shape index (κ2) is 8.90. The van der Waals surface area contributed by atoms with Crippen LogP contribution in [0.2, 0.25) is 0 Å². The molecule has 11 nitrogen and oxygen atoms in total. The molecule has 2 atom stereocenters. The van der Waals surface area contributed by atoms with Crippen molar-refractivity contribution < 1.29 is 14.3 Å². The van der Waals surface area contributed by atoms with Gasteiger partial charge in [-0.25, -0.2) is 9.97 Å². The van der Waals surface area contributed by atoms with Crippen molar-refractivity contribution in [3.8, 4) is 22.6 Å². The third-order valence-electron chi connectivity index (χ3n) is 7.24. The van der Waals surface area contributed by atoms with Crippen LogP contribution >= 0.6 is 0 Å². The normalized spacial score (nSPS) is 19.2. The second-order valence-corrected chi connectivity index (χ2v) is 9.28. The molecular formula is C25H28N8O3. The molecule has 0 aromatic carbocycles. The summed E-state index contributed by atoms with van der Waals surface area (Å²) in [5, 5.41) is 10.6. The summed E-state index contributed by atoms with van der Waals surface area (Å²) < 4.78 is 8.91. The third-order valence-corrected chi connectivity index (χ3v) is 7.24. The molecule has 1 saturated carbocycles. The average Bonchev–Trinajstić information content (AvgIpc) is 3.45. The van der Waals surface area contributed by atoms with E-state index in [4.69, 9.17) is 9.72 Å². The molecule has 6 rings (SSSR count). The molecule has 0 spiro atoms. The maximum atomic E-state index is 13.1. The number of hydrogen-bond acceptors (Lipinski definition) is 7. The van der Waals surface area contributed by atoms with Crippen LogP contribution in [0.1, 0.15) is 29.6 Å². The summed E-state index contributed by atoms with van der Waals surface area (Å²) in [6.07, 6.45) is 8.09. The number of nitrogens with one attached hydrogen (secondary N) is 2. The maximum Gasteiger partial charge on any atom is 0.257 e. The number of anilines is 1. The minimum atomic E-state index is -0.226. The molecule has 1 saturated heterocycles. The van der Waals surface area contributed by atoms with Crippen molar-refractivity contribution in [2.24, 2.45) is 0 Å². The zero-order valence-corrected chi connectivity index (χ0v) is 20.3. The highest BCUT2D eigenvalue weighted by molar-refractivity contribution is 6.00. The smallest absolute Gasteiger partial charge is 0.257 e. The molecule has 0 radical (unpaired) electrons.